The lowest BCUT2D eigenvalue weighted by Gasteiger charge is -2.37. The topological polar surface area (TPSA) is 29.9 Å². The summed E-state index contributed by atoms with van der Waals surface area (Å²) in [5.41, 5.74) is -1.89. The van der Waals surface area contributed by atoms with Crippen molar-refractivity contribution < 1.29 is 17.6 Å². The van der Waals surface area contributed by atoms with Crippen LogP contribution in [0.3, 0.4) is 0 Å². The Kier molecular flexibility index (Phi) is 3.75. The molecule has 0 saturated carbocycles. The zero-order chi connectivity index (χ0) is 17.0. The molecule has 0 amide bonds. The van der Waals surface area contributed by atoms with Crippen LogP contribution in [0, 0.1) is 5.82 Å². The molecule has 0 fully saturated rings. The number of benzene rings is 1. The van der Waals surface area contributed by atoms with E-state index in [1.807, 2.05) is 0 Å². The molecule has 1 aromatic heterocycles. The molecule has 1 unspecified atom stereocenters. The molecule has 2 heterocycles. The van der Waals surface area contributed by atoms with Crippen LogP contribution in [0.1, 0.15) is 23.9 Å². The van der Waals surface area contributed by atoms with E-state index < -0.39 is 23.2 Å². The van der Waals surface area contributed by atoms with E-state index in [0.717, 1.165) is 6.07 Å². The highest BCUT2D eigenvalue weighted by Crippen LogP contribution is 2.38. The lowest BCUT2D eigenvalue weighted by molar-refractivity contribution is -0.141. The number of hydrogen-bond acceptors (Lipinski definition) is 2. The molecule has 1 aliphatic rings. The van der Waals surface area contributed by atoms with Crippen LogP contribution in [-0.2, 0) is 18.3 Å². The second kappa shape index (κ2) is 5.27. The third kappa shape index (κ3) is 2.76. The maximum Gasteiger partial charge on any atom is 0.435 e. The summed E-state index contributed by atoms with van der Waals surface area (Å²) in [6.45, 7) is 1.60. The van der Waals surface area contributed by atoms with Gasteiger partial charge in [-0.25, -0.2) is 4.39 Å². The maximum absolute atomic E-state index is 14.3. The second-order valence-corrected chi connectivity index (χ2v) is 6.78. The Morgan fingerprint density at radius 2 is 2.04 bits per heavy atom. The number of aromatic nitrogens is 2. The fourth-order valence-corrected chi connectivity index (χ4v) is 3.37. The number of nitrogens with zero attached hydrogens (tertiary/aromatic N) is 2. The average Bonchev–Trinajstić information content (AvgIpc) is 2.86. The van der Waals surface area contributed by atoms with E-state index in [1.165, 1.54) is 22.9 Å². The minimum atomic E-state index is -4.58. The minimum absolute atomic E-state index is 0.0198. The standard InChI is InChI=1S/C14H10BrF4N3S/c1-13(8-4-7(15)2-3-9(8)16)11-5-10(14(17,18)19)21-22(11)6-12(23)20-13/h2-5H,6H2,1H3,(H,20,23). The smallest absolute Gasteiger partial charge is 0.363 e. The molecule has 1 atom stereocenters. The Morgan fingerprint density at radius 1 is 1.35 bits per heavy atom. The van der Waals surface area contributed by atoms with Crippen LogP contribution in [0.15, 0.2) is 28.7 Å². The summed E-state index contributed by atoms with van der Waals surface area (Å²) < 4.78 is 55.0. The molecule has 0 saturated heterocycles. The summed E-state index contributed by atoms with van der Waals surface area (Å²) in [6.07, 6.45) is -4.58. The van der Waals surface area contributed by atoms with E-state index in [-0.39, 0.29) is 22.8 Å². The molecule has 23 heavy (non-hydrogen) atoms. The zero-order valence-corrected chi connectivity index (χ0v) is 14.1. The number of hydrogen-bond donors (Lipinski definition) is 1. The maximum atomic E-state index is 14.3. The van der Waals surface area contributed by atoms with Gasteiger partial charge in [0.05, 0.1) is 17.2 Å². The summed E-state index contributed by atoms with van der Waals surface area (Å²) in [6, 6.07) is 5.20. The Bertz CT molecular complexity index is 802. The van der Waals surface area contributed by atoms with Crippen molar-refractivity contribution in [3.8, 4) is 0 Å². The molecule has 1 aliphatic heterocycles. The van der Waals surface area contributed by atoms with Crippen molar-refractivity contribution in [2.45, 2.75) is 25.2 Å². The van der Waals surface area contributed by atoms with Crippen molar-refractivity contribution in [2.75, 3.05) is 0 Å². The van der Waals surface area contributed by atoms with Gasteiger partial charge in [0.15, 0.2) is 5.69 Å². The fraction of sp³-hybridized carbons (Fsp3) is 0.286. The highest BCUT2D eigenvalue weighted by atomic mass is 79.9. The van der Waals surface area contributed by atoms with E-state index in [4.69, 9.17) is 12.2 Å². The van der Waals surface area contributed by atoms with Gasteiger partial charge in [0.1, 0.15) is 11.4 Å². The molecule has 0 radical (unpaired) electrons. The molecule has 1 N–H and O–H groups in total. The second-order valence-electron chi connectivity index (χ2n) is 5.37. The quantitative estimate of drug-likeness (QED) is 0.572. The average molecular weight is 408 g/mol. The van der Waals surface area contributed by atoms with Gasteiger partial charge in [0.25, 0.3) is 0 Å². The monoisotopic (exact) mass is 407 g/mol. The third-order valence-electron chi connectivity index (χ3n) is 3.73. The van der Waals surface area contributed by atoms with E-state index in [2.05, 4.69) is 26.3 Å². The number of thiocarbonyl (C=S) groups is 1. The van der Waals surface area contributed by atoms with Gasteiger partial charge in [0.2, 0.25) is 0 Å². The van der Waals surface area contributed by atoms with Gasteiger partial charge < -0.3 is 5.32 Å². The first kappa shape index (κ1) is 16.4. The highest BCUT2D eigenvalue weighted by Gasteiger charge is 2.43. The van der Waals surface area contributed by atoms with E-state index in [1.54, 1.807) is 6.92 Å². The molecule has 2 aromatic rings. The Balaban J connectivity index is 2.23. The molecule has 0 aliphatic carbocycles. The molecule has 3 nitrogen and oxygen atoms in total. The molecule has 9 heteroatoms. The fourth-order valence-electron chi connectivity index (χ4n) is 2.68. The predicted molar refractivity (Wildman–Crippen MR) is 83.5 cm³/mol. The Morgan fingerprint density at radius 3 is 2.70 bits per heavy atom. The Labute approximate surface area is 142 Å². The van der Waals surface area contributed by atoms with Crippen molar-refractivity contribution >= 4 is 33.1 Å². The van der Waals surface area contributed by atoms with E-state index >= 15 is 0 Å². The normalized spacial score (nSPS) is 21.0. The molecule has 1 aromatic carbocycles. The summed E-state index contributed by atoms with van der Waals surface area (Å²) in [5.74, 6) is -0.547. The lowest BCUT2D eigenvalue weighted by Crippen LogP contribution is -2.51. The molecular formula is C14H10BrF4N3S. The van der Waals surface area contributed by atoms with Crippen molar-refractivity contribution in [3.63, 3.8) is 0 Å². The molecule has 3 rings (SSSR count). The first-order chi connectivity index (χ1) is 10.6. The van der Waals surface area contributed by atoms with Crippen LogP contribution < -0.4 is 5.32 Å². The van der Waals surface area contributed by atoms with Crippen molar-refractivity contribution in [3.05, 3.63) is 51.5 Å². The largest absolute Gasteiger partial charge is 0.435 e. The van der Waals surface area contributed by atoms with E-state index in [0.29, 0.717) is 4.47 Å². The molecule has 0 bridgehead atoms. The van der Waals surface area contributed by atoms with Crippen molar-refractivity contribution in [1.82, 2.24) is 15.1 Å². The first-order valence-electron chi connectivity index (χ1n) is 6.53. The van der Waals surface area contributed by atoms with Crippen LogP contribution in [0.5, 0.6) is 0 Å². The predicted octanol–water partition coefficient (Wildman–Crippen LogP) is 4.00. The number of fused-ring (bicyclic) bond motifs is 1. The van der Waals surface area contributed by atoms with Crippen LogP contribution in [0.25, 0.3) is 0 Å². The molecule has 0 spiro atoms. The number of rotatable bonds is 1. The van der Waals surface area contributed by atoms with E-state index in [9.17, 15) is 17.6 Å². The summed E-state index contributed by atoms with van der Waals surface area (Å²) >= 11 is 8.37. The lowest BCUT2D eigenvalue weighted by atomic mass is 9.86. The molecular weight excluding hydrogens is 398 g/mol. The van der Waals surface area contributed by atoms with Crippen molar-refractivity contribution in [1.29, 1.82) is 0 Å². The van der Waals surface area contributed by atoms with Gasteiger partial charge in [-0.3, -0.25) is 4.68 Å². The number of alkyl halides is 3. The van der Waals surface area contributed by atoms with Crippen LogP contribution in [-0.4, -0.2) is 14.8 Å². The van der Waals surface area contributed by atoms with Gasteiger partial charge >= 0.3 is 6.18 Å². The van der Waals surface area contributed by atoms with Crippen LogP contribution >= 0.6 is 28.1 Å². The van der Waals surface area contributed by atoms with Gasteiger partial charge in [-0.15, -0.1) is 0 Å². The first-order valence-corrected chi connectivity index (χ1v) is 7.73. The summed E-state index contributed by atoms with van der Waals surface area (Å²) in [7, 11) is 0. The highest BCUT2D eigenvalue weighted by molar-refractivity contribution is 9.10. The number of nitrogens with one attached hydrogen (secondary N) is 1. The summed E-state index contributed by atoms with van der Waals surface area (Å²) in [5, 5.41) is 6.52. The SMILES string of the molecule is CC1(c2cc(Br)ccc2F)NC(=S)Cn2nc(C(F)(F)F)cc21. The van der Waals surface area contributed by atoms with Crippen molar-refractivity contribution in [2.24, 2.45) is 0 Å². The zero-order valence-electron chi connectivity index (χ0n) is 11.7. The van der Waals surface area contributed by atoms with Crippen LogP contribution in [0.4, 0.5) is 17.6 Å². The van der Waals surface area contributed by atoms with Gasteiger partial charge in [-0.05, 0) is 31.2 Å². The number of halogens is 5. The minimum Gasteiger partial charge on any atom is -0.363 e. The van der Waals surface area contributed by atoms with Gasteiger partial charge in [-0.2, -0.15) is 18.3 Å². The molecule has 122 valence electrons. The van der Waals surface area contributed by atoms with Crippen LogP contribution in [0.2, 0.25) is 0 Å². The summed E-state index contributed by atoms with van der Waals surface area (Å²) in [4.78, 5) is 0.288. The Hall–Kier alpha value is -1.48. The van der Waals surface area contributed by atoms with Gasteiger partial charge in [-0.1, -0.05) is 28.1 Å². The third-order valence-corrected chi connectivity index (χ3v) is 4.46. The van der Waals surface area contributed by atoms with Gasteiger partial charge in [0, 0.05) is 10.0 Å².